The van der Waals surface area contributed by atoms with Crippen molar-refractivity contribution in [2.45, 2.75) is 11.8 Å². The van der Waals surface area contributed by atoms with Crippen LogP contribution in [-0.4, -0.2) is 35.5 Å². The van der Waals surface area contributed by atoms with E-state index in [0.29, 0.717) is 23.0 Å². The first-order chi connectivity index (χ1) is 12.0. The van der Waals surface area contributed by atoms with Crippen LogP contribution < -0.4 is 23.7 Å². The van der Waals surface area contributed by atoms with Crippen LogP contribution >= 0.6 is 0 Å². The van der Waals surface area contributed by atoms with E-state index < -0.39 is 10.0 Å². The molecule has 0 amide bonds. The maximum absolute atomic E-state index is 12.4. The van der Waals surface area contributed by atoms with Crippen LogP contribution in [0.25, 0.3) is 0 Å². The molecular formula is C17H19NO6S. The second-order valence-electron chi connectivity index (χ2n) is 5.42. The molecule has 1 aliphatic rings. The van der Waals surface area contributed by atoms with Gasteiger partial charge in [-0.05, 0) is 36.8 Å². The van der Waals surface area contributed by atoms with E-state index in [9.17, 15) is 8.42 Å². The lowest BCUT2D eigenvalue weighted by atomic mass is 10.2. The fourth-order valence-electron chi connectivity index (χ4n) is 2.39. The minimum Gasteiger partial charge on any atom is -0.495 e. The van der Waals surface area contributed by atoms with Gasteiger partial charge in [0.05, 0.1) is 7.11 Å². The molecule has 1 N–H and O–H groups in total. The standard InChI is InChI=1S/C17H19NO6S/c1-12-3-6-17(16(9-12)21-2)25(19,20)18-7-8-22-13-4-5-14-15(10-13)24-11-23-14/h3-6,9-10,18H,7-8,11H2,1-2H3. The predicted molar refractivity (Wildman–Crippen MR) is 91.0 cm³/mol. The van der Waals surface area contributed by atoms with Crippen molar-refractivity contribution < 1.29 is 27.4 Å². The Balaban J connectivity index is 1.58. The van der Waals surface area contributed by atoms with Crippen molar-refractivity contribution in [3.05, 3.63) is 42.0 Å². The first kappa shape index (κ1) is 17.4. The van der Waals surface area contributed by atoms with Crippen LogP contribution in [0.3, 0.4) is 0 Å². The highest BCUT2D eigenvalue weighted by atomic mass is 32.2. The van der Waals surface area contributed by atoms with Gasteiger partial charge in [-0.1, -0.05) is 6.07 Å². The number of sulfonamides is 1. The van der Waals surface area contributed by atoms with E-state index in [-0.39, 0.29) is 24.8 Å². The Morgan fingerprint density at radius 1 is 1.12 bits per heavy atom. The van der Waals surface area contributed by atoms with E-state index in [4.69, 9.17) is 18.9 Å². The van der Waals surface area contributed by atoms with Gasteiger partial charge in [-0.25, -0.2) is 13.1 Å². The molecule has 1 aliphatic heterocycles. The number of aryl methyl sites for hydroxylation is 1. The van der Waals surface area contributed by atoms with E-state index in [1.807, 2.05) is 6.92 Å². The van der Waals surface area contributed by atoms with Crippen LogP contribution in [0, 0.1) is 6.92 Å². The van der Waals surface area contributed by atoms with Crippen molar-refractivity contribution in [1.29, 1.82) is 0 Å². The smallest absolute Gasteiger partial charge is 0.244 e. The maximum Gasteiger partial charge on any atom is 0.244 e. The van der Waals surface area contributed by atoms with Crippen LogP contribution in [0.5, 0.6) is 23.0 Å². The SMILES string of the molecule is COc1cc(C)ccc1S(=O)(=O)NCCOc1ccc2c(c1)OCO2. The molecule has 0 atom stereocenters. The third kappa shape index (κ3) is 3.97. The zero-order chi connectivity index (χ0) is 17.9. The number of fused-ring (bicyclic) bond motifs is 1. The summed E-state index contributed by atoms with van der Waals surface area (Å²) in [5.41, 5.74) is 0.918. The Kier molecular flexibility index (Phi) is 5.00. The van der Waals surface area contributed by atoms with Gasteiger partial charge in [-0.3, -0.25) is 0 Å². The normalized spacial score (nSPS) is 12.9. The van der Waals surface area contributed by atoms with Crippen molar-refractivity contribution >= 4 is 10.0 Å². The van der Waals surface area contributed by atoms with Gasteiger partial charge < -0.3 is 18.9 Å². The molecule has 0 radical (unpaired) electrons. The number of ether oxygens (including phenoxy) is 4. The highest BCUT2D eigenvalue weighted by molar-refractivity contribution is 7.89. The van der Waals surface area contributed by atoms with Crippen LogP contribution in [0.2, 0.25) is 0 Å². The summed E-state index contributed by atoms with van der Waals surface area (Å²) in [5.74, 6) is 2.17. The van der Waals surface area contributed by atoms with Crippen LogP contribution in [-0.2, 0) is 10.0 Å². The number of rotatable bonds is 7. The zero-order valence-corrected chi connectivity index (χ0v) is 14.8. The summed E-state index contributed by atoms with van der Waals surface area (Å²) in [4.78, 5) is 0.101. The van der Waals surface area contributed by atoms with Gasteiger partial charge in [0.2, 0.25) is 16.8 Å². The van der Waals surface area contributed by atoms with Crippen molar-refractivity contribution in [2.75, 3.05) is 27.1 Å². The predicted octanol–water partition coefficient (Wildman–Crippen LogP) is 2.09. The van der Waals surface area contributed by atoms with E-state index in [1.165, 1.54) is 13.2 Å². The fourth-order valence-corrected chi connectivity index (χ4v) is 3.55. The third-order valence-corrected chi connectivity index (χ3v) is 5.12. The number of hydrogen-bond donors (Lipinski definition) is 1. The highest BCUT2D eigenvalue weighted by Crippen LogP contribution is 2.35. The molecule has 8 heteroatoms. The lowest BCUT2D eigenvalue weighted by Crippen LogP contribution is -2.28. The Labute approximate surface area is 146 Å². The number of benzene rings is 2. The topological polar surface area (TPSA) is 83.1 Å². The van der Waals surface area contributed by atoms with E-state index >= 15 is 0 Å². The molecule has 0 aromatic heterocycles. The third-order valence-electron chi connectivity index (χ3n) is 3.62. The summed E-state index contributed by atoms with van der Waals surface area (Å²) in [6, 6.07) is 10.1. The molecule has 0 spiro atoms. The molecule has 2 aromatic carbocycles. The van der Waals surface area contributed by atoms with Gasteiger partial charge in [0.25, 0.3) is 0 Å². The largest absolute Gasteiger partial charge is 0.495 e. The van der Waals surface area contributed by atoms with Crippen LogP contribution in [0.15, 0.2) is 41.3 Å². The molecule has 0 bridgehead atoms. The van der Waals surface area contributed by atoms with Crippen LogP contribution in [0.4, 0.5) is 0 Å². The second kappa shape index (κ2) is 7.20. The molecule has 0 unspecified atom stereocenters. The average molecular weight is 365 g/mol. The van der Waals surface area contributed by atoms with Gasteiger partial charge in [-0.15, -0.1) is 0 Å². The van der Waals surface area contributed by atoms with Gasteiger partial charge in [0, 0.05) is 12.6 Å². The second-order valence-corrected chi connectivity index (χ2v) is 7.15. The number of methoxy groups -OCH3 is 1. The average Bonchev–Trinajstić information content (AvgIpc) is 3.06. The Morgan fingerprint density at radius 3 is 2.72 bits per heavy atom. The zero-order valence-electron chi connectivity index (χ0n) is 13.9. The first-order valence-electron chi connectivity index (χ1n) is 7.66. The first-order valence-corrected chi connectivity index (χ1v) is 9.15. The van der Waals surface area contributed by atoms with Crippen molar-refractivity contribution in [3.63, 3.8) is 0 Å². The molecule has 7 nitrogen and oxygen atoms in total. The van der Waals surface area contributed by atoms with Crippen molar-refractivity contribution in [3.8, 4) is 23.0 Å². The molecule has 134 valence electrons. The molecule has 0 fully saturated rings. The molecule has 0 saturated heterocycles. The number of nitrogens with one attached hydrogen (secondary N) is 1. The molecule has 0 aliphatic carbocycles. The van der Waals surface area contributed by atoms with Crippen LogP contribution in [0.1, 0.15) is 5.56 Å². The number of hydrogen-bond acceptors (Lipinski definition) is 6. The van der Waals surface area contributed by atoms with E-state index in [2.05, 4.69) is 4.72 Å². The Hall–Kier alpha value is -2.45. The van der Waals surface area contributed by atoms with Crippen molar-refractivity contribution in [1.82, 2.24) is 4.72 Å². The van der Waals surface area contributed by atoms with Gasteiger partial charge in [0.15, 0.2) is 11.5 Å². The lowest BCUT2D eigenvalue weighted by molar-refractivity contribution is 0.173. The lowest BCUT2D eigenvalue weighted by Gasteiger charge is -2.12. The molecule has 1 heterocycles. The summed E-state index contributed by atoms with van der Waals surface area (Å²) in [6.07, 6.45) is 0. The minimum atomic E-state index is -3.68. The molecule has 2 aromatic rings. The Morgan fingerprint density at radius 2 is 1.92 bits per heavy atom. The summed E-state index contributed by atoms with van der Waals surface area (Å²) in [5, 5.41) is 0. The van der Waals surface area contributed by atoms with Crippen molar-refractivity contribution in [2.24, 2.45) is 0 Å². The summed E-state index contributed by atoms with van der Waals surface area (Å²) < 4.78 is 48.5. The molecule has 0 saturated carbocycles. The fraction of sp³-hybridized carbons (Fsp3) is 0.294. The van der Waals surface area contributed by atoms with Gasteiger partial charge >= 0.3 is 0 Å². The molecule has 3 rings (SSSR count). The quantitative estimate of drug-likeness (QED) is 0.757. The molecular weight excluding hydrogens is 346 g/mol. The van der Waals surface area contributed by atoms with E-state index in [1.54, 1.807) is 30.3 Å². The highest BCUT2D eigenvalue weighted by Gasteiger charge is 2.19. The minimum absolute atomic E-state index is 0.101. The Bertz CT molecular complexity index is 865. The summed E-state index contributed by atoms with van der Waals surface area (Å²) in [6.45, 7) is 2.35. The van der Waals surface area contributed by atoms with Gasteiger partial charge in [-0.2, -0.15) is 0 Å². The van der Waals surface area contributed by atoms with E-state index in [0.717, 1.165) is 5.56 Å². The van der Waals surface area contributed by atoms with Gasteiger partial charge in [0.1, 0.15) is 23.0 Å². The summed E-state index contributed by atoms with van der Waals surface area (Å²) >= 11 is 0. The molecule has 25 heavy (non-hydrogen) atoms. The summed E-state index contributed by atoms with van der Waals surface area (Å²) in [7, 11) is -2.24. The monoisotopic (exact) mass is 365 g/mol. The maximum atomic E-state index is 12.4.